The van der Waals surface area contributed by atoms with Crippen molar-refractivity contribution in [3.8, 4) is 0 Å². The monoisotopic (exact) mass is 147 g/mol. The average Bonchev–Trinajstić information content (AvgIpc) is 2.50. The number of hydrogen-bond acceptors (Lipinski definition) is 3. The second-order valence-corrected chi connectivity index (χ2v) is 2.17. The van der Waals surface area contributed by atoms with E-state index in [9.17, 15) is 4.91 Å². The van der Waals surface area contributed by atoms with Crippen molar-refractivity contribution >= 4 is 16.7 Å². The maximum Gasteiger partial charge on any atom is 0.135 e. The van der Waals surface area contributed by atoms with Crippen LogP contribution in [0.15, 0.2) is 29.7 Å². The highest BCUT2D eigenvalue weighted by Crippen LogP contribution is 2.21. The molecule has 0 bridgehead atoms. The van der Waals surface area contributed by atoms with Crippen LogP contribution in [0.25, 0.3) is 11.0 Å². The van der Waals surface area contributed by atoms with Crippen LogP contribution < -0.4 is 0 Å². The first-order valence-corrected chi connectivity index (χ1v) is 3.17. The summed E-state index contributed by atoms with van der Waals surface area (Å²) >= 11 is 0. The molecular formula is C7H5N3O. The lowest BCUT2D eigenvalue weighted by Crippen LogP contribution is -1.68. The summed E-state index contributed by atoms with van der Waals surface area (Å²) < 4.78 is 0. The van der Waals surface area contributed by atoms with E-state index in [2.05, 4.69) is 15.1 Å². The number of nitrogens with one attached hydrogen (secondary N) is 1. The fraction of sp³-hybridized carbons (Fsp3) is 0. The molecule has 0 atom stereocenters. The van der Waals surface area contributed by atoms with E-state index in [1.165, 1.54) is 0 Å². The number of H-pyrrole nitrogens is 1. The molecule has 0 unspecified atom stereocenters. The first-order valence-electron chi connectivity index (χ1n) is 3.17. The fourth-order valence-electron chi connectivity index (χ4n) is 1.02. The van der Waals surface area contributed by atoms with E-state index >= 15 is 0 Å². The van der Waals surface area contributed by atoms with Gasteiger partial charge in [-0.3, -0.25) is 0 Å². The summed E-state index contributed by atoms with van der Waals surface area (Å²) in [6.07, 6.45) is 1.54. The Balaban J connectivity index is 2.88. The zero-order valence-corrected chi connectivity index (χ0v) is 5.61. The number of aromatic nitrogens is 2. The van der Waals surface area contributed by atoms with Gasteiger partial charge in [0.15, 0.2) is 0 Å². The molecule has 1 N–H and O–H groups in total. The maximum absolute atomic E-state index is 10.2. The van der Waals surface area contributed by atoms with Crippen molar-refractivity contribution in [2.45, 2.75) is 0 Å². The van der Waals surface area contributed by atoms with Crippen molar-refractivity contribution in [3.63, 3.8) is 0 Å². The van der Waals surface area contributed by atoms with Gasteiger partial charge in [-0.1, -0.05) is 6.07 Å². The summed E-state index contributed by atoms with van der Waals surface area (Å²) in [5.74, 6) is 0. The van der Waals surface area contributed by atoms with Gasteiger partial charge < -0.3 is 4.98 Å². The van der Waals surface area contributed by atoms with Crippen molar-refractivity contribution in [1.29, 1.82) is 0 Å². The Morgan fingerprint density at radius 1 is 1.45 bits per heavy atom. The minimum absolute atomic E-state index is 0.378. The van der Waals surface area contributed by atoms with E-state index in [4.69, 9.17) is 0 Å². The molecule has 0 radical (unpaired) electrons. The standard InChI is InChI=1S/C7H5N3O/c11-10-6-3-1-2-5-7(6)9-4-8-5/h1-4H,(H,8,9). The molecule has 4 heteroatoms. The number of rotatable bonds is 1. The van der Waals surface area contributed by atoms with Crippen LogP contribution >= 0.6 is 0 Å². The molecule has 1 aromatic carbocycles. The molecule has 54 valence electrons. The van der Waals surface area contributed by atoms with Crippen LogP contribution in [0, 0.1) is 4.91 Å². The summed E-state index contributed by atoms with van der Waals surface area (Å²) in [6, 6.07) is 5.24. The van der Waals surface area contributed by atoms with Crippen LogP contribution in [0.5, 0.6) is 0 Å². The van der Waals surface area contributed by atoms with Crippen molar-refractivity contribution in [1.82, 2.24) is 9.97 Å². The fourth-order valence-corrected chi connectivity index (χ4v) is 1.02. The average molecular weight is 147 g/mol. The van der Waals surface area contributed by atoms with E-state index in [1.54, 1.807) is 18.5 Å². The third kappa shape index (κ3) is 0.797. The first-order chi connectivity index (χ1) is 5.42. The molecular weight excluding hydrogens is 142 g/mol. The number of aromatic amines is 1. The van der Waals surface area contributed by atoms with Crippen molar-refractivity contribution < 1.29 is 0 Å². The Morgan fingerprint density at radius 3 is 3.18 bits per heavy atom. The van der Waals surface area contributed by atoms with E-state index in [-0.39, 0.29) is 0 Å². The van der Waals surface area contributed by atoms with Gasteiger partial charge in [-0.05, 0) is 17.3 Å². The predicted octanol–water partition coefficient (Wildman–Crippen LogP) is 1.96. The molecule has 1 heterocycles. The molecule has 0 amide bonds. The van der Waals surface area contributed by atoms with Crippen LogP contribution in [0.2, 0.25) is 0 Å². The molecule has 2 aromatic rings. The lowest BCUT2D eigenvalue weighted by molar-refractivity contribution is 1.34. The maximum atomic E-state index is 10.2. The summed E-state index contributed by atoms with van der Waals surface area (Å²) in [4.78, 5) is 17.0. The Morgan fingerprint density at radius 2 is 2.36 bits per heavy atom. The number of nitroso groups, excluding NO2 is 1. The van der Waals surface area contributed by atoms with Crippen molar-refractivity contribution in [2.24, 2.45) is 5.18 Å². The smallest absolute Gasteiger partial charge is 0.135 e. The minimum Gasteiger partial charge on any atom is -0.345 e. The van der Waals surface area contributed by atoms with Crippen molar-refractivity contribution in [3.05, 3.63) is 29.4 Å². The highest BCUT2D eigenvalue weighted by Gasteiger charge is 2.00. The largest absolute Gasteiger partial charge is 0.345 e. The second kappa shape index (κ2) is 2.16. The lowest BCUT2D eigenvalue weighted by atomic mass is 10.3. The normalized spacial score (nSPS) is 10.2. The zero-order valence-electron chi connectivity index (χ0n) is 5.61. The van der Waals surface area contributed by atoms with Crippen LogP contribution in [0.4, 0.5) is 5.69 Å². The molecule has 0 spiro atoms. The molecule has 0 fully saturated rings. The highest BCUT2D eigenvalue weighted by molar-refractivity contribution is 5.85. The van der Waals surface area contributed by atoms with Gasteiger partial charge in [-0.2, -0.15) is 0 Å². The number of hydrogen-bond donors (Lipinski definition) is 1. The van der Waals surface area contributed by atoms with Crippen LogP contribution in [0.1, 0.15) is 0 Å². The summed E-state index contributed by atoms with van der Waals surface area (Å²) in [7, 11) is 0. The Bertz CT molecular complexity index is 393. The van der Waals surface area contributed by atoms with Gasteiger partial charge >= 0.3 is 0 Å². The Kier molecular flexibility index (Phi) is 1.18. The summed E-state index contributed by atoms with van der Waals surface area (Å²) in [6.45, 7) is 0. The number of para-hydroxylation sites is 1. The lowest BCUT2D eigenvalue weighted by Gasteiger charge is -1.88. The number of fused-ring (bicyclic) bond motifs is 1. The number of benzene rings is 1. The Labute approximate surface area is 62.2 Å². The van der Waals surface area contributed by atoms with Crippen LogP contribution in [-0.2, 0) is 0 Å². The molecule has 0 aliphatic carbocycles. The van der Waals surface area contributed by atoms with Gasteiger partial charge in [-0.25, -0.2) is 4.98 Å². The van der Waals surface area contributed by atoms with Crippen LogP contribution in [-0.4, -0.2) is 9.97 Å². The van der Waals surface area contributed by atoms with E-state index in [1.807, 2.05) is 6.07 Å². The molecule has 1 aromatic heterocycles. The minimum atomic E-state index is 0.378. The van der Waals surface area contributed by atoms with Gasteiger partial charge in [0, 0.05) is 0 Å². The summed E-state index contributed by atoms with van der Waals surface area (Å²) in [5.41, 5.74) is 1.84. The van der Waals surface area contributed by atoms with E-state index in [0.29, 0.717) is 11.2 Å². The van der Waals surface area contributed by atoms with E-state index < -0.39 is 0 Å². The molecule has 4 nitrogen and oxygen atoms in total. The van der Waals surface area contributed by atoms with Crippen LogP contribution in [0.3, 0.4) is 0 Å². The SMILES string of the molecule is O=Nc1cccc2[nH]cnc12. The third-order valence-electron chi connectivity index (χ3n) is 1.53. The van der Waals surface area contributed by atoms with Gasteiger partial charge in [0.2, 0.25) is 0 Å². The molecule has 0 aliphatic rings. The molecule has 0 aliphatic heterocycles. The van der Waals surface area contributed by atoms with Gasteiger partial charge in [-0.15, -0.1) is 4.91 Å². The topological polar surface area (TPSA) is 58.1 Å². The van der Waals surface area contributed by atoms with Gasteiger partial charge in [0.25, 0.3) is 0 Å². The quantitative estimate of drug-likeness (QED) is 0.627. The summed E-state index contributed by atoms with van der Waals surface area (Å²) in [5, 5.41) is 2.84. The molecule has 0 saturated heterocycles. The predicted molar refractivity (Wildman–Crippen MR) is 41.5 cm³/mol. The van der Waals surface area contributed by atoms with Gasteiger partial charge in [0.1, 0.15) is 11.2 Å². The second-order valence-electron chi connectivity index (χ2n) is 2.17. The molecule has 0 saturated carbocycles. The molecule has 2 rings (SSSR count). The molecule has 11 heavy (non-hydrogen) atoms. The number of imidazole rings is 1. The zero-order chi connectivity index (χ0) is 7.68. The first kappa shape index (κ1) is 6.03. The third-order valence-corrected chi connectivity index (χ3v) is 1.53. The highest BCUT2D eigenvalue weighted by atomic mass is 16.3. The number of nitrogens with zero attached hydrogens (tertiary/aromatic N) is 2. The van der Waals surface area contributed by atoms with E-state index in [0.717, 1.165) is 5.52 Å². The van der Waals surface area contributed by atoms with Crippen molar-refractivity contribution in [2.75, 3.05) is 0 Å². The van der Waals surface area contributed by atoms with Gasteiger partial charge in [0.05, 0.1) is 11.8 Å². The Hall–Kier alpha value is -1.71.